The van der Waals surface area contributed by atoms with Gasteiger partial charge in [0.2, 0.25) is 10.0 Å². The number of imidazole rings is 1. The zero-order valence-electron chi connectivity index (χ0n) is 15.4. The molecule has 0 saturated heterocycles. The zero-order chi connectivity index (χ0) is 19.9. The molecule has 5 nitrogen and oxygen atoms in total. The fourth-order valence-electron chi connectivity index (χ4n) is 3.80. The Bertz CT molecular complexity index is 1130. The third-order valence-corrected chi connectivity index (χ3v) is 6.71. The Morgan fingerprint density at radius 1 is 1.07 bits per heavy atom. The van der Waals surface area contributed by atoms with Crippen molar-refractivity contribution in [2.75, 3.05) is 0 Å². The third-order valence-electron chi connectivity index (χ3n) is 5.17. The van der Waals surface area contributed by atoms with E-state index in [0.29, 0.717) is 5.52 Å². The van der Waals surface area contributed by atoms with Crippen molar-refractivity contribution in [1.82, 2.24) is 14.3 Å². The number of para-hydroxylation sites is 2. The van der Waals surface area contributed by atoms with Crippen LogP contribution < -0.4 is 4.72 Å². The smallest absolute Gasteiger partial charge is 0.269 e. The molecule has 0 radical (unpaired) electrons. The van der Waals surface area contributed by atoms with Crippen molar-refractivity contribution in [3.05, 3.63) is 59.4 Å². The van der Waals surface area contributed by atoms with E-state index >= 15 is 0 Å². The molecule has 3 aromatic rings. The van der Waals surface area contributed by atoms with Crippen LogP contribution in [0.1, 0.15) is 49.3 Å². The van der Waals surface area contributed by atoms with Gasteiger partial charge in [0, 0.05) is 0 Å². The summed E-state index contributed by atoms with van der Waals surface area (Å²) in [5, 5.41) is 0. The minimum atomic E-state index is -3.87. The molecule has 1 unspecified atom stereocenters. The summed E-state index contributed by atoms with van der Waals surface area (Å²) in [5.74, 6) is -0.0160. The number of benzene rings is 2. The number of hydrogen-bond donors (Lipinski definition) is 1. The molecule has 0 aliphatic heterocycles. The Morgan fingerprint density at radius 2 is 1.79 bits per heavy atom. The van der Waals surface area contributed by atoms with Gasteiger partial charge in [-0.1, -0.05) is 18.2 Å². The van der Waals surface area contributed by atoms with Crippen LogP contribution in [-0.2, 0) is 22.9 Å². The summed E-state index contributed by atoms with van der Waals surface area (Å²) in [7, 11) is -3.87. The third kappa shape index (κ3) is 3.42. The molecule has 0 spiro atoms. The number of hydrogen-bond acceptors (Lipinski definition) is 3. The van der Waals surface area contributed by atoms with Gasteiger partial charge in [-0.05, 0) is 68.0 Å². The number of halogens is 2. The molecule has 0 bridgehead atoms. The predicted octanol–water partition coefficient (Wildman–Crippen LogP) is 4.35. The van der Waals surface area contributed by atoms with Crippen LogP contribution in [-0.4, -0.2) is 18.0 Å². The molecule has 4 rings (SSSR count). The predicted molar refractivity (Wildman–Crippen MR) is 103 cm³/mol. The number of rotatable bonds is 5. The van der Waals surface area contributed by atoms with E-state index in [0.717, 1.165) is 35.8 Å². The lowest BCUT2D eigenvalue weighted by Crippen LogP contribution is -2.29. The van der Waals surface area contributed by atoms with Crippen LogP contribution in [0.4, 0.5) is 8.78 Å². The molecule has 0 amide bonds. The van der Waals surface area contributed by atoms with Crippen LogP contribution in [0.3, 0.4) is 0 Å². The highest BCUT2D eigenvalue weighted by Gasteiger charge is 2.26. The Balaban J connectivity index is 1.67. The van der Waals surface area contributed by atoms with Gasteiger partial charge in [0.05, 0.1) is 22.0 Å². The first-order valence-electron chi connectivity index (χ1n) is 9.26. The molecule has 8 heteroatoms. The monoisotopic (exact) mass is 405 g/mol. The summed E-state index contributed by atoms with van der Waals surface area (Å²) in [6.07, 6.45) is 3.96. The maximum atomic E-state index is 13.6. The minimum absolute atomic E-state index is 0.0160. The molecular formula is C20H21F2N3O2S. The Labute approximate surface area is 162 Å². The van der Waals surface area contributed by atoms with Crippen LogP contribution in [0.2, 0.25) is 0 Å². The summed E-state index contributed by atoms with van der Waals surface area (Å²) in [5.41, 5.74) is 2.89. The largest absolute Gasteiger partial charge is 0.320 e. The van der Waals surface area contributed by atoms with Gasteiger partial charge in [0.15, 0.2) is 0 Å². The quantitative estimate of drug-likeness (QED) is 0.686. The van der Waals surface area contributed by atoms with Gasteiger partial charge in [-0.25, -0.2) is 18.1 Å². The van der Waals surface area contributed by atoms with Gasteiger partial charge in [0.25, 0.3) is 0 Å². The van der Waals surface area contributed by atoms with Crippen molar-refractivity contribution in [1.29, 1.82) is 0 Å². The minimum Gasteiger partial charge on any atom is -0.269 e. The van der Waals surface area contributed by atoms with E-state index < -0.39 is 22.6 Å². The lowest BCUT2D eigenvalue weighted by Gasteiger charge is -2.19. The zero-order valence-corrected chi connectivity index (χ0v) is 16.2. The van der Waals surface area contributed by atoms with E-state index in [2.05, 4.69) is 9.71 Å². The molecule has 1 atom stereocenters. The average molecular weight is 405 g/mol. The number of nitrogens with zero attached hydrogens (tertiary/aromatic N) is 2. The summed E-state index contributed by atoms with van der Waals surface area (Å²) >= 11 is 0. The van der Waals surface area contributed by atoms with Crippen molar-refractivity contribution in [3.8, 4) is 0 Å². The van der Waals surface area contributed by atoms with Gasteiger partial charge in [0.1, 0.15) is 5.82 Å². The molecule has 0 saturated carbocycles. The fourth-order valence-corrected chi connectivity index (χ4v) is 5.06. The van der Waals surface area contributed by atoms with Crippen molar-refractivity contribution >= 4 is 21.1 Å². The van der Waals surface area contributed by atoms with Crippen LogP contribution in [0, 0.1) is 0 Å². The van der Waals surface area contributed by atoms with E-state index in [1.807, 2.05) is 6.07 Å². The number of aromatic nitrogens is 2. The number of nitrogens with one attached hydrogen (secondary N) is 1. The molecule has 148 valence electrons. The van der Waals surface area contributed by atoms with Crippen LogP contribution in [0.15, 0.2) is 47.4 Å². The average Bonchev–Trinajstić information content (AvgIpc) is 3.07. The number of aryl methyl sites for hydroxylation is 2. The molecule has 1 aromatic heterocycles. The lowest BCUT2D eigenvalue weighted by atomic mass is 9.92. The Hall–Kier alpha value is -2.32. The standard InChI is InChI=1S/C20H21F2N3O2S/c1-13(19-23-17-8-4-5-9-18(17)25(19)20(21)22)24-28(26,27)16-11-10-14-6-2-3-7-15(14)12-16/h4-5,8-13,20,24H,2-3,6-7H2,1H3. The van der Waals surface area contributed by atoms with Gasteiger partial charge >= 0.3 is 6.55 Å². The summed E-state index contributed by atoms with van der Waals surface area (Å²) in [4.78, 5) is 4.39. The van der Waals surface area contributed by atoms with E-state index in [1.54, 1.807) is 36.4 Å². The number of sulfonamides is 1. The summed E-state index contributed by atoms with van der Waals surface area (Å²) in [6.45, 7) is -1.30. The number of fused-ring (bicyclic) bond motifs is 2. The highest BCUT2D eigenvalue weighted by atomic mass is 32.2. The van der Waals surface area contributed by atoms with Crippen LogP contribution >= 0.6 is 0 Å². The Morgan fingerprint density at radius 3 is 2.54 bits per heavy atom. The van der Waals surface area contributed by atoms with Gasteiger partial charge < -0.3 is 0 Å². The molecule has 1 aliphatic rings. The van der Waals surface area contributed by atoms with E-state index in [4.69, 9.17) is 0 Å². The van der Waals surface area contributed by atoms with Gasteiger partial charge in [-0.2, -0.15) is 8.78 Å². The first kappa shape index (κ1) is 19.0. The number of alkyl halides is 2. The van der Waals surface area contributed by atoms with Crippen molar-refractivity contribution < 1.29 is 17.2 Å². The van der Waals surface area contributed by atoms with E-state index in [9.17, 15) is 17.2 Å². The first-order chi connectivity index (χ1) is 13.4. The van der Waals surface area contributed by atoms with E-state index in [1.165, 1.54) is 12.5 Å². The van der Waals surface area contributed by atoms with Crippen LogP contribution in [0.25, 0.3) is 11.0 Å². The van der Waals surface area contributed by atoms with Crippen molar-refractivity contribution in [3.63, 3.8) is 0 Å². The second-order valence-corrected chi connectivity index (χ2v) is 8.80. The first-order valence-corrected chi connectivity index (χ1v) is 10.7. The van der Waals surface area contributed by atoms with Crippen LogP contribution in [0.5, 0.6) is 0 Å². The van der Waals surface area contributed by atoms with Gasteiger partial charge in [-0.15, -0.1) is 0 Å². The molecule has 1 N–H and O–H groups in total. The second-order valence-electron chi connectivity index (χ2n) is 7.09. The highest BCUT2D eigenvalue weighted by molar-refractivity contribution is 7.89. The van der Waals surface area contributed by atoms with Gasteiger partial charge in [-0.3, -0.25) is 4.57 Å². The molecule has 1 heterocycles. The van der Waals surface area contributed by atoms with E-state index in [-0.39, 0.29) is 16.2 Å². The lowest BCUT2D eigenvalue weighted by molar-refractivity contribution is 0.0702. The molecule has 2 aromatic carbocycles. The highest BCUT2D eigenvalue weighted by Crippen LogP contribution is 2.28. The second kappa shape index (κ2) is 7.25. The molecular weight excluding hydrogens is 384 g/mol. The molecule has 0 fully saturated rings. The summed E-state index contributed by atoms with van der Waals surface area (Å²) < 4.78 is 56.3. The topological polar surface area (TPSA) is 64.0 Å². The van der Waals surface area contributed by atoms with Crippen molar-refractivity contribution in [2.45, 2.75) is 50.1 Å². The molecule has 1 aliphatic carbocycles. The SMILES string of the molecule is CC(NS(=O)(=O)c1ccc2c(c1)CCCC2)c1nc2ccccc2n1C(F)F. The molecule has 28 heavy (non-hydrogen) atoms. The summed E-state index contributed by atoms with van der Waals surface area (Å²) in [6, 6.07) is 10.7. The normalized spacial score (nSPS) is 15.7. The maximum absolute atomic E-state index is 13.6. The Kier molecular flexibility index (Phi) is 4.93. The fraction of sp³-hybridized carbons (Fsp3) is 0.350. The maximum Gasteiger partial charge on any atom is 0.320 e. The van der Waals surface area contributed by atoms with Crippen molar-refractivity contribution in [2.24, 2.45) is 0 Å².